The van der Waals surface area contributed by atoms with E-state index in [2.05, 4.69) is 5.32 Å². The zero-order chi connectivity index (χ0) is 9.26. The van der Waals surface area contributed by atoms with Crippen LogP contribution in [0.2, 0.25) is 0 Å². The highest BCUT2D eigenvalue weighted by atomic mass is 16.2. The molecule has 1 saturated carbocycles. The number of nitrogens with one attached hydrogen (secondary N) is 1. The van der Waals surface area contributed by atoms with E-state index in [1.54, 1.807) is 0 Å². The quantitative estimate of drug-likeness (QED) is 0.654. The van der Waals surface area contributed by atoms with E-state index in [1.165, 1.54) is 24.2 Å². The molecule has 2 fully saturated rings. The van der Waals surface area contributed by atoms with E-state index in [4.69, 9.17) is 0 Å². The van der Waals surface area contributed by atoms with Crippen molar-refractivity contribution in [3.05, 3.63) is 0 Å². The van der Waals surface area contributed by atoms with E-state index in [9.17, 15) is 9.59 Å². The molecule has 4 nitrogen and oxygen atoms in total. The lowest BCUT2D eigenvalue weighted by molar-refractivity contribution is -0.125. The van der Waals surface area contributed by atoms with Crippen LogP contribution in [0.25, 0.3) is 0 Å². The number of carbonyl (C=O) groups is 2. The Morgan fingerprint density at radius 3 is 2.62 bits per heavy atom. The van der Waals surface area contributed by atoms with Crippen LogP contribution in [-0.2, 0) is 4.79 Å². The van der Waals surface area contributed by atoms with Crippen LogP contribution in [0.5, 0.6) is 0 Å². The SMILES string of the molecule is O=C1CNC(=O)N1CCC1CCC1. The molecule has 4 heteroatoms. The third-order valence-electron chi connectivity index (χ3n) is 2.92. The van der Waals surface area contributed by atoms with E-state index >= 15 is 0 Å². The fraction of sp³-hybridized carbons (Fsp3) is 0.778. The largest absolute Gasteiger partial charge is 0.329 e. The summed E-state index contributed by atoms with van der Waals surface area (Å²) >= 11 is 0. The van der Waals surface area contributed by atoms with Crippen molar-refractivity contribution in [2.75, 3.05) is 13.1 Å². The number of rotatable bonds is 3. The second kappa shape index (κ2) is 3.36. The number of hydrogen-bond donors (Lipinski definition) is 1. The Labute approximate surface area is 77.3 Å². The van der Waals surface area contributed by atoms with Gasteiger partial charge in [0.25, 0.3) is 0 Å². The van der Waals surface area contributed by atoms with Crippen LogP contribution in [0.4, 0.5) is 4.79 Å². The Kier molecular flexibility index (Phi) is 2.20. The van der Waals surface area contributed by atoms with Gasteiger partial charge in [0, 0.05) is 6.54 Å². The molecule has 1 N–H and O–H groups in total. The molecule has 1 aliphatic carbocycles. The number of urea groups is 1. The summed E-state index contributed by atoms with van der Waals surface area (Å²) in [6.07, 6.45) is 4.83. The van der Waals surface area contributed by atoms with Gasteiger partial charge in [0.1, 0.15) is 0 Å². The van der Waals surface area contributed by atoms with Gasteiger partial charge in [-0.3, -0.25) is 9.69 Å². The number of hydrogen-bond acceptors (Lipinski definition) is 2. The van der Waals surface area contributed by atoms with Crippen LogP contribution in [0.3, 0.4) is 0 Å². The Balaban J connectivity index is 1.79. The monoisotopic (exact) mass is 182 g/mol. The summed E-state index contributed by atoms with van der Waals surface area (Å²) < 4.78 is 0. The molecule has 1 heterocycles. The van der Waals surface area contributed by atoms with E-state index in [-0.39, 0.29) is 18.5 Å². The number of carbonyl (C=O) groups excluding carboxylic acids is 2. The Hall–Kier alpha value is -1.06. The predicted molar refractivity (Wildman–Crippen MR) is 47.1 cm³/mol. The average Bonchev–Trinajstić information content (AvgIpc) is 2.32. The van der Waals surface area contributed by atoms with Crippen molar-refractivity contribution in [1.29, 1.82) is 0 Å². The zero-order valence-corrected chi connectivity index (χ0v) is 7.58. The molecule has 72 valence electrons. The first kappa shape index (κ1) is 8.53. The lowest BCUT2D eigenvalue weighted by Crippen LogP contribution is -2.33. The second-order valence-corrected chi connectivity index (χ2v) is 3.79. The molecule has 1 saturated heterocycles. The van der Waals surface area contributed by atoms with Crippen molar-refractivity contribution in [2.24, 2.45) is 5.92 Å². The summed E-state index contributed by atoms with van der Waals surface area (Å²) in [6, 6.07) is -0.218. The van der Waals surface area contributed by atoms with E-state index in [0.717, 1.165) is 12.3 Å². The fourth-order valence-electron chi connectivity index (χ4n) is 1.77. The lowest BCUT2D eigenvalue weighted by atomic mass is 9.83. The van der Waals surface area contributed by atoms with Gasteiger partial charge in [-0.15, -0.1) is 0 Å². The minimum absolute atomic E-state index is 0.0793. The van der Waals surface area contributed by atoms with Crippen molar-refractivity contribution in [2.45, 2.75) is 25.7 Å². The standard InChI is InChI=1S/C9H14N2O2/c12-8-6-10-9(13)11(8)5-4-7-2-1-3-7/h7H,1-6H2,(H,10,13). The van der Waals surface area contributed by atoms with Gasteiger partial charge in [-0.05, 0) is 12.3 Å². The smallest absolute Gasteiger partial charge is 0.324 e. The molecule has 0 bridgehead atoms. The molecule has 0 aromatic heterocycles. The average molecular weight is 182 g/mol. The van der Waals surface area contributed by atoms with Gasteiger partial charge in [0.2, 0.25) is 5.91 Å². The van der Waals surface area contributed by atoms with Crippen LogP contribution >= 0.6 is 0 Å². The first-order valence-corrected chi connectivity index (χ1v) is 4.85. The van der Waals surface area contributed by atoms with Crippen LogP contribution in [0.15, 0.2) is 0 Å². The number of imide groups is 1. The van der Waals surface area contributed by atoms with Gasteiger partial charge in [0.15, 0.2) is 0 Å². The maximum absolute atomic E-state index is 11.1. The lowest BCUT2D eigenvalue weighted by Gasteiger charge is -2.26. The topological polar surface area (TPSA) is 49.4 Å². The number of amides is 3. The maximum Gasteiger partial charge on any atom is 0.324 e. The second-order valence-electron chi connectivity index (χ2n) is 3.79. The van der Waals surface area contributed by atoms with Crippen LogP contribution in [0.1, 0.15) is 25.7 Å². The van der Waals surface area contributed by atoms with Crippen LogP contribution in [0, 0.1) is 5.92 Å². The summed E-state index contributed by atoms with van der Waals surface area (Å²) in [5, 5.41) is 2.52. The highest BCUT2D eigenvalue weighted by molar-refractivity contribution is 6.01. The van der Waals surface area contributed by atoms with Crippen molar-refractivity contribution in [3.8, 4) is 0 Å². The normalized spacial score (nSPS) is 23.2. The first-order chi connectivity index (χ1) is 6.27. The Morgan fingerprint density at radius 1 is 1.38 bits per heavy atom. The molecule has 2 aliphatic rings. The van der Waals surface area contributed by atoms with Gasteiger partial charge in [-0.1, -0.05) is 19.3 Å². The number of nitrogens with zero attached hydrogens (tertiary/aromatic N) is 1. The molecule has 13 heavy (non-hydrogen) atoms. The van der Waals surface area contributed by atoms with E-state index in [1.807, 2.05) is 0 Å². The molecule has 2 rings (SSSR count). The minimum atomic E-state index is -0.218. The van der Waals surface area contributed by atoms with E-state index in [0.29, 0.717) is 6.54 Å². The molecular formula is C9H14N2O2. The van der Waals surface area contributed by atoms with Crippen molar-refractivity contribution < 1.29 is 9.59 Å². The van der Waals surface area contributed by atoms with Gasteiger partial charge < -0.3 is 5.32 Å². The first-order valence-electron chi connectivity index (χ1n) is 4.85. The summed E-state index contributed by atoms with van der Waals surface area (Å²) in [5.41, 5.74) is 0. The highest BCUT2D eigenvalue weighted by Crippen LogP contribution is 2.29. The molecule has 3 amide bonds. The minimum Gasteiger partial charge on any atom is -0.329 e. The van der Waals surface area contributed by atoms with Crippen LogP contribution < -0.4 is 5.32 Å². The molecule has 0 aromatic carbocycles. The summed E-state index contributed by atoms with van der Waals surface area (Å²) in [4.78, 5) is 23.6. The summed E-state index contributed by atoms with van der Waals surface area (Å²) in [7, 11) is 0. The van der Waals surface area contributed by atoms with Gasteiger partial charge in [0.05, 0.1) is 6.54 Å². The van der Waals surface area contributed by atoms with Gasteiger partial charge in [-0.2, -0.15) is 0 Å². The molecule has 0 aromatic rings. The predicted octanol–water partition coefficient (Wildman–Crippen LogP) is 0.728. The van der Waals surface area contributed by atoms with Crippen LogP contribution in [-0.4, -0.2) is 29.9 Å². The molecular weight excluding hydrogens is 168 g/mol. The molecule has 0 spiro atoms. The highest BCUT2D eigenvalue weighted by Gasteiger charge is 2.29. The van der Waals surface area contributed by atoms with Crippen molar-refractivity contribution in [1.82, 2.24) is 10.2 Å². The zero-order valence-electron chi connectivity index (χ0n) is 7.58. The molecule has 1 aliphatic heterocycles. The third kappa shape index (κ3) is 1.66. The van der Waals surface area contributed by atoms with Gasteiger partial charge in [-0.25, -0.2) is 4.79 Å². The molecule has 0 atom stereocenters. The van der Waals surface area contributed by atoms with Crippen molar-refractivity contribution >= 4 is 11.9 Å². The third-order valence-corrected chi connectivity index (χ3v) is 2.92. The summed E-state index contributed by atoms with van der Waals surface area (Å²) in [5.74, 6) is 0.672. The Bertz CT molecular complexity index is 220. The molecule has 0 unspecified atom stereocenters. The van der Waals surface area contributed by atoms with Gasteiger partial charge >= 0.3 is 6.03 Å². The summed E-state index contributed by atoms with van der Waals surface area (Å²) in [6.45, 7) is 0.791. The maximum atomic E-state index is 11.1. The fourth-order valence-corrected chi connectivity index (χ4v) is 1.77. The molecule has 0 radical (unpaired) electrons. The van der Waals surface area contributed by atoms with Crippen molar-refractivity contribution in [3.63, 3.8) is 0 Å². The van der Waals surface area contributed by atoms with E-state index < -0.39 is 0 Å². The Morgan fingerprint density at radius 2 is 2.15 bits per heavy atom.